The van der Waals surface area contributed by atoms with E-state index in [9.17, 15) is 4.79 Å². The molecule has 0 aliphatic heterocycles. The second kappa shape index (κ2) is 8.77. The van der Waals surface area contributed by atoms with Crippen LogP contribution in [0.1, 0.15) is 25.0 Å². The summed E-state index contributed by atoms with van der Waals surface area (Å²) in [5, 5.41) is 2.84. The molecular weight excluding hydrogens is 302 g/mol. The Balaban J connectivity index is 2.02. The second-order valence-electron chi connectivity index (χ2n) is 5.22. The van der Waals surface area contributed by atoms with Crippen LogP contribution < -0.4 is 14.8 Å². The van der Waals surface area contributed by atoms with Gasteiger partial charge >= 0.3 is 0 Å². The summed E-state index contributed by atoms with van der Waals surface area (Å²) in [5.41, 5.74) is 2.89. The maximum atomic E-state index is 12.0. The zero-order chi connectivity index (χ0) is 17.4. The van der Waals surface area contributed by atoms with E-state index in [1.807, 2.05) is 49.4 Å². The van der Waals surface area contributed by atoms with Gasteiger partial charge in [0, 0.05) is 11.8 Å². The van der Waals surface area contributed by atoms with Gasteiger partial charge in [-0.3, -0.25) is 4.79 Å². The minimum absolute atomic E-state index is 0.174. The van der Waals surface area contributed by atoms with Crippen molar-refractivity contribution in [2.24, 2.45) is 0 Å². The molecule has 0 atom stereocenters. The fourth-order valence-electron chi connectivity index (χ4n) is 2.24. The van der Waals surface area contributed by atoms with E-state index in [0.717, 1.165) is 17.7 Å². The van der Waals surface area contributed by atoms with E-state index in [1.54, 1.807) is 13.2 Å². The van der Waals surface area contributed by atoms with Gasteiger partial charge in [0.05, 0.1) is 13.7 Å². The number of aryl methyl sites for hydroxylation is 1. The Morgan fingerprint density at radius 3 is 2.46 bits per heavy atom. The molecule has 0 saturated carbocycles. The average Bonchev–Trinajstić information content (AvgIpc) is 2.61. The Bertz CT molecular complexity index is 705. The van der Waals surface area contributed by atoms with Crippen molar-refractivity contribution in [3.05, 3.63) is 59.7 Å². The minimum Gasteiger partial charge on any atom is -0.493 e. The van der Waals surface area contributed by atoms with Gasteiger partial charge in [0.25, 0.3) is 0 Å². The molecule has 0 aliphatic carbocycles. The first kappa shape index (κ1) is 17.6. The molecule has 2 aromatic carbocycles. The van der Waals surface area contributed by atoms with Gasteiger partial charge in [-0.2, -0.15) is 0 Å². The Kier molecular flexibility index (Phi) is 6.43. The molecule has 126 valence electrons. The molecular formula is C20H23NO3. The van der Waals surface area contributed by atoms with Crippen LogP contribution in [-0.4, -0.2) is 19.6 Å². The molecule has 0 aromatic heterocycles. The predicted molar refractivity (Wildman–Crippen MR) is 97.6 cm³/mol. The standard InChI is InChI=1S/C20H23NO3/c1-4-15-6-10-17(11-7-15)21-20(22)13-9-16-8-12-18(24-5-2)19(14-16)23-3/h6-14H,4-5H2,1-3H3,(H,21,22)/b13-9+. The normalized spacial score (nSPS) is 10.6. The molecule has 0 aliphatic rings. The van der Waals surface area contributed by atoms with Crippen molar-refractivity contribution in [2.45, 2.75) is 20.3 Å². The van der Waals surface area contributed by atoms with Crippen LogP contribution in [0.25, 0.3) is 6.08 Å². The van der Waals surface area contributed by atoms with E-state index in [4.69, 9.17) is 9.47 Å². The van der Waals surface area contributed by atoms with Gasteiger partial charge in [-0.05, 0) is 54.8 Å². The van der Waals surface area contributed by atoms with Crippen molar-refractivity contribution in [1.82, 2.24) is 0 Å². The van der Waals surface area contributed by atoms with Gasteiger partial charge < -0.3 is 14.8 Å². The predicted octanol–water partition coefficient (Wildman–Crippen LogP) is 4.31. The highest BCUT2D eigenvalue weighted by molar-refractivity contribution is 6.01. The SMILES string of the molecule is CCOc1ccc(/C=C/C(=O)Nc2ccc(CC)cc2)cc1OC. The smallest absolute Gasteiger partial charge is 0.248 e. The summed E-state index contributed by atoms with van der Waals surface area (Å²) < 4.78 is 10.8. The highest BCUT2D eigenvalue weighted by atomic mass is 16.5. The monoisotopic (exact) mass is 325 g/mol. The van der Waals surface area contributed by atoms with Gasteiger partial charge in [-0.15, -0.1) is 0 Å². The number of benzene rings is 2. The number of carbonyl (C=O) groups is 1. The molecule has 4 nitrogen and oxygen atoms in total. The van der Waals surface area contributed by atoms with Crippen molar-refractivity contribution < 1.29 is 14.3 Å². The van der Waals surface area contributed by atoms with Crippen LogP contribution in [0.2, 0.25) is 0 Å². The van der Waals surface area contributed by atoms with Crippen LogP contribution >= 0.6 is 0 Å². The van der Waals surface area contributed by atoms with Crippen molar-refractivity contribution in [2.75, 3.05) is 19.0 Å². The summed E-state index contributed by atoms with van der Waals surface area (Å²) in [6, 6.07) is 13.4. The first-order valence-corrected chi connectivity index (χ1v) is 8.05. The molecule has 0 unspecified atom stereocenters. The Hall–Kier alpha value is -2.75. The number of hydrogen-bond donors (Lipinski definition) is 1. The molecule has 2 aromatic rings. The third-order valence-corrected chi connectivity index (χ3v) is 3.54. The van der Waals surface area contributed by atoms with E-state index in [2.05, 4.69) is 12.2 Å². The van der Waals surface area contributed by atoms with Gasteiger partial charge in [-0.1, -0.05) is 25.1 Å². The summed E-state index contributed by atoms with van der Waals surface area (Å²) in [5.74, 6) is 1.17. The van der Waals surface area contributed by atoms with E-state index in [0.29, 0.717) is 18.1 Å². The molecule has 0 radical (unpaired) electrons. The van der Waals surface area contributed by atoms with Crippen LogP contribution in [0.3, 0.4) is 0 Å². The van der Waals surface area contributed by atoms with Gasteiger partial charge in [0.1, 0.15) is 0 Å². The highest BCUT2D eigenvalue weighted by Gasteiger charge is 2.04. The summed E-state index contributed by atoms with van der Waals surface area (Å²) in [4.78, 5) is 12.0. The van der Waals surface area contributed by atoms with E-state index < -0.39 is 0 Å². The number of anilines is 1. The van der Waals surface area contributed by atoms with Gasteiger partial charge in [-0.25, -0.2) is 0 Å². The molecule has 0 bridgehead atoms. The average molecular weight is 325 g/mol. The van der Waals surface area contributed by atoms with Crippen LogP contribution in [0.5, 0.6) is 11.5 Å². The number of methoxy groups -OCH3 is 1. The fourth-order valence-corrected chi connectivity index (χ4v) is 2.24. The maximum absolute atomic E-state index is 12.0. The Morgan fingerprint density at radius 2 is 1.83 bits per heavy atom. The van der Waals surface area contributed by atoms with Crippen LogP contribution in [0.15, 0.2) is 48.5 Å². The number of rotatable bonds is 7. The summed E-state index contributed by atoms with van der Waals surface area (Å²) in [6.45, 7) is 4.59. The fraction of sp³-hybridized carbons (Fsp3) is 0.250. The third kappa shape index (κ3) is 4.88. The zero-order valence-corrected chi connectivity index (χ0v) is 14.3. The Labute approximate surface area is 143 Å². The lowest BCUT2D eigenvalue weighted by Crippen LogP contribution is -2.07. The molecule has 0 heterocycles. The largest absolute Gasteiger partial charge is 0.493 e. The summed E-state index contributed by atoms with van der Waals surface area (Å²) in [7, 11) is 1.60. The first-order chi connectivity index (χ1) is 11.7. The van der Waals surface area contributed by atoms with Crippen molar-refractivity contribution in [3.63, 3.8) is 0 Å². The van der Waals surface area contributed by atoms with Crippen LogP contribution in [0.4, 0.5) is 5.69 Å². The number of carbonyl (C=O) groups excluding carboxylic acids is 1. The van der Waals surface area contributed by atoms with Crippen LogP contribution in [-0.2, 0) is 11.2 Å². The lowest BCUT2D eigenvalue weighted by molar-refractivity contribution is -0.111. The molecule has 0 spiro atoms. The first-order valence-electron chi connectivity index (χ1n) is 8.05. The van der Waals surface area contributed by atoms with Crippen molar-refractivity contribution in [1.29, 1.82) is 0 Å². The number of amides is 1. The Morgan fingerprint density at radius 1 is 1.08 bits per heavy atom. The molecule has 0 fully saturated rings. The molecule has 1 N–H and O–H groups in total. The minimum atomic E-state index is -0.174. The lowest BCUT2D eigenvalue weighted by atomic mass is 10.1. The number of hydrogen-bond acceptors (Lipinski definition) is 3. The molecule has 4 heteroatoms. The third-order valence-electron chi connectivity index (χ3n) is 3.54. The molecule has 2 rings (SSSR count). The summed E-state index contributed by atoms with van der Waals surface area (Å²) >= 11 is 0. The molecule has 0 saturated heterocycles. The van der Waals surface area contributed by atoms with Gasteiger partial charge in [0.15, 0.2) is 11.5 Å². The van der Waals surface area contributed by atoms with Crippen LogP contribution in [0, 0.1) is 0 Å². The number of nitrogens with one attached hydrogen (secondary N) is 1. The van der Waals surface area contributed by atoms with Gasteiger partial charge in [0.2, 0.25) is 5.91 Å². The van der Waals surface area contributed by atoms with E-state index in [1.165, 1.54) is 11.6 Å². The lowest BCUT2D eigenvalue weighted by Gasteiger charge is -2.09. The molecule has 1 amide bonds. The van der Waals surface area contributed by atoms with Crippen molar-refractivity contribution in [3.8, 4) is 11.5 Å². The second-order valence-corrected chi connectivity index (χ2v) is 5.22. The highest BCUT2D eigenvalue weighted by Crippen LogP contribution is 2.28. The molecule has 24 heavy (non-hydrogen) atoms. The summed E-state index contributed by atoms with van der Waals surface area (Å²) in [6.07, 6.45) is 4.23. The number of ether oxygens (including phenoxy) is 2. The maximum Gasteiger partial charge on any atom is 0.248 e. The topological polar surface area (TPSA) is 47.6 Å². The zero-order valence-electron chi connectivity index (χ0n) is 14.3. The van der Waals surface area contributed by atoms with E-state index >= 15 is 0 Å². The van der Waals surface area contributed by atoms with E-state index in [-0.39, 0.29) is 5.91 Å². The van der Waals surface area contributed by atoms with Crippen molar-refractivity contribution >= 4 is 17.7 Å². The quantitative estimate of drug-likeness (QED) is 0.772.